The molecule has 0 N–H and O–H groups in total. The van der Waals surface area contributed by atoms with Crippen LogP contribution in [0, 0.1) is 10.1 Å². The van der Waals surface area contributed by atoms with Crippen LogP contribution >= 0.6 is 0 Å². The van der Waals surface area contributed by atoms with E-state index >= 15 is 0 Å². The highest BCUT2D eigenvalue weighted by atomic mass is 16.6. The number of amides is 1. The van der Waals surface area contributed by atoms with Crippen molar-refractivity contribution in [3.8, 4) is 5.75 Å². The number of carbonyl (C=O) groups is 1. The molecule has 3 rings (SSSR count). The minimum Gasteiger partial charge on any atom is -0.476 e. The monoisotopic (exact) mass is 351 g/mol. The third kappa shape index (κ3) is 3.46. The third-order valence-electron chi connectivity index (χ3n) is 3.95. The summed E-state index contributed by atoms with van der Waals surface area (Å²) >= 11 is 0. The summed E-state index contributed by atoms with van der Waals surface area (Å²) in [5.41, 5.74) is 0.778. The summed E-state index contributed by atoms with van der Waals surface area (Å²) in [6, 6.07) is 16.5. The number of anilines is 1. The van der Waals surface area contributed by atoms with Crippen molar-refractivity contribution >= 4 is 28.2 Å². The molecule has 0 bridgehead atoms. The minimum atomic E-state index is -0.637. The van der Waals surface area contributed by atoms with Gasteiger partial charge < -0.3 is 19.8 Å². The molecule has 0 aliphatic carbocycles. The molecule has 0 saturated heterocycles. The molecule has 1 heterocycles. The molecule has 1 aromatic heterocycles. The van der Waals surface area contributed by atoms with Crippen LogP contribution in [0.2, 0.25) is 0 Å². The van der Waals surface area contributed by atoms with E-state index in [4.69, 9.17) is 4.74 Å². The molecule has 132 valence electrons. The zero-order valence-corrected chi connectivity index (χ0v) is 14.2. The fourth-order valence-electron chi connectivity index (χ4n) is 2.77. The predicted octanol–water partition coefficient (Wildman–Crippen LogP) is 3.57. The van der Waals surface area contributed by atoms with Gasteiger partial charge in [0.1, 0.15) is 6.20 Å². The van der Waals surface area contributed by atoms with Crippen LogP contribution in [0.4, 0.5) is 11.5 Å². The molecule has 7 heteroatoms. The van der Waals surface area contributed by atoms with Crippen LogP contribution in [-0.2, 0) is 4.79 Å². The summed E-state index contributed by atoms with van der Waals surface area (Å²) in [5, 5.41) is 13.0. The van der Waals surface area contributed by atoms with Crippen LogP contribution in [0.15, 0.2) is 60.8 Å². The molecular formula is C19H17N3O4. The minimum absolute atomic E-state index is 0.0279. The van der Waals surface area contributed by atoms with Gasteiger partial charge in [0.25, 0.3) is 5.91 Å². The van der Waals surface area contributed by atoms with Crippen molar-refractivity contribution in [1.82, 2.24) is 4.98 Å². The van der Waals surface area contributed by atoms with Crippen LogP contribution < -0.4 is 9.64 Å². The topological polar surface area (TPSA) is 85.6 Å². The number of nitro groups is 1. The molecule has 0 aliphatic heterocycles. The zero-order valence-electron chi connectivity index (χ0n) is 14.2. The number of nitrogens with zero attached hydrogens (tertiary/aromatic N) is 3. The molecule has 0 radical (unpaired) electrons. The van der Waals surface area contributed by atoms with Crippen molar-refractivity contribution in [3.63, 3.8) is 0 Å². The first-order valence-corrected chi connectivity index (χ1v) is 8.12. The first-order chi connectivity index (χ1) is 12.6. The van der Waals surface area contributed by atoms with Crippen molar-refractivity contribution in [1.29, 1.82) is 0 Å². The van der Waals surface area contributed by atoms with E-state index in [1.165, 1.54) is 18.3 Å². The predicted molar refractivity (Wildman–Crippen MR) is 98.4 cm³/mol. The van der Waals surface area contributed by atoms with E-state index in [9.17, 15) is 14.9 Å². The van der Waals surface area contributed by atoms with E-state index in [1.54, 1.807) is 4.90 Å². The molecule has 0 atom stereocenters. The Morgan fingerprint density at radius 2 is 1.92 bits per heavy atom. The molecule has 26 heavy (non-hydrogen) atoms. The Kier molecular flexibility index (Phi) is 5.07. The highest BCUT2D eigenvalue weighted by molar-refractivity contribution is 6.04. The smallest absolute Gasteiger partial charge is 0.406 e. The number of fused-ring (bicyclic) bond motifs is 1. The van der Waals surface area contributed by atoms with Crippen LogP contribution in [0.3, 0.4) is 0 Å². The summed E-state index contributed by atoms with van der Waals surface area (Å²) < 4.78 is 5.38. The second-order valence-corrected chi connectivity index (χ2v) is 5.51. The molecular weight excluding hydrogens is 334 g/mol. The second-order valence-electron chi connectivity index (χ2n) is 5.51. The first kappa shape index (κ1) is 17.3. The molecule has 0 unspecified atom stereocenters. The molecule has 3 aromatic rings. The first-order valence-electron chi connectivity index (χ1n) is 8.12. The van der Waals surface area contributed by atoms with E-state index in [0.717, 1.165) is 16.5 Å². The van der Waals surface area contributed by atoms with Gasteiger partial charge in [0.05, 0.1) is 5.69 Å². The Morgan fingerprint density at radius 1 is 1.15 bits per heavy atom. The Balaban J connectivity index is 1.83. The lowest BCUT2D eigenvalue weighted by molar-refractivity contribution is -0.390. The number of pyridine rings is 1. The summed E-state index contributed by atoms with van der Waals surface area (Å²) in [6.07, 6.45) is 1.31. The summed E-state index contributed by atoms with van der Waals surface area (Å²) in [4.78, 5) is 28.3. The average Bonchev–Trinajstić information content (AvgIpc) is 2.67. The lowest BCUT2D eigenvalue weighted by atomic mass is 10.1. The van der Waals surface area contributed by atoms with Gasteiger partial charge in [0.2, 0.25) is 5.75 Å². The SMILES string of the molecule is CCN(C(=O)COc1cccnc1[N+](=O)[O-])c1cccc2ccccc12. The number of carbonyl (C=O) groups excluding carboxylic acids is 1. The second kappa shape index (κ2) is 7.60. The average molecular weight is 351 g/mol. The van der Waals surface area contributed by atoms with E-state index < -0.39 is 10.7 Å². The maximum atomic E-state index is 12.7. The van der Waals surface area contributed by atoms with Gasteiger partial charge in [0, 0.05) is 11.9 Å². The molecule has 0 saturated carbocycles. The van der Waals surface area contributed by atoms with Crippen molar-refractivity contribution < 1.29 is 14.5 Å². The molecule has 0 aliphatic rings. The van der Waals surface area contributed by atoms with Gasteiger partial charge in [-0.05, 0) is 40.4 Å². The van der Waals surface area contributed by atoms with E-state index in [1.807, 2.05) is 49.4 Å². The number of rotatable bonds is 6. The van der Waals surface area contributed by atoms with Gasteiger partial charge in [-0.1, -0.05) is 36.4 Å². The normalized spacial score (nSPS) is 10.5. The number of hydrogen-bond donors (Lipinski definition) is 0. The van der Waals surface area contributed by atoms with Gasteiger partial charge in [-0.15, -0.1) is 0 Å². The zero-order chi connectivity index (χ0) is 18.5. The molecule has 1 amide bonds. The van der Waals surface area contributed by atoms with Crippen LogP contribution in [0.25, 0.3) is 10.8 Å². The van der Waals surface area contributed by atoms with Gasteiger partial charge in [-0.25, -0.2) is 0 Å². The maximum Gasteiger partial charge on any atom is 0.406 e. The lowest BCUT2D eigenvalue weighted by Crippen LogP contribution is -2.35. The maximum absolute atomic E-state index is 12.7. The summed E-state index contributed by atoms with van der Waals surface area (Å²) in [5.74, 6) is -0.727. The molecule has 2 aromatic carbocycles. The van der Waals surface area contributed by atoms with Crippen molar-refractivity contribution in [2.75, 3.05) is 18.1 Å². The van der Waals surface area contributed by atoms with Gasteiger partial charge in [-0.2, -0.15) is 0 Å². The van der Waals surface area contributed by atoms with Crippen LogP contribution in [0.1, 0.15) is 6.92 Å². The van der Waals surface area contributed by atoms with E-state index in [-0.39, 0.29) is 18.3 Å². The quantitative estimate of drug-likeness (QED) is 0.500. The molecule has 7 nitrogen and oxygen atoms in total. The Hall–Kier alpha value is -3.48. The number of aromatic nitrogens is 1. The lowest BCUT2D eigenvalue weighted by Gasteiger charge is -2.22. The van der Waals surface area contributed by atoms with E-state index in [2.05, 4.69) is 4.98 Å². The Bertz CT molecular complexity index is 953. The van der Waals surface area contributed by atoms with Crippen molar-refractivity contribution in [2.24, 2.45) is 0 Å². The highest BCUT2D eigenvalue weighted by Gasteiger charge is 2.20. The highest BCUT2D eigenvalue weighted by Crippen LogP contribution is 2.27. The molecule has 0 spiro atoms. The molecule has 0 fully saturated rings. The number of hydrogen-bond acceptors (Lipinski definition) is 5. The van der Waals surface area contributed by atoms with Gasteiger partial charge in [-0.3, -0.25) is 4.79 Å². The number of ether oxygens (including phenoxy) is 1. The Labute approximate surface area is 150 Å². The fourth-order valence-corrected chi connectivity index (χ4v) is 2.77. The van der Waals surface area contributed by atoms with Crippen LogP contribution in [0.5, 0.6) is 5.75 Å². The van der Waals surface area contributed by atoms with Gasteiger partial charge in [0.15, 0.2) is 6.61 Å². The van der Waals surface area contributed by atoms with Crippen LogP contribution in [-0.4, -0.2) is 29.0 Å². The Morgan fingerprint density at radius 3 is 2.69 bits per heavy atom. The largest absolute Gasteiger partial charge is 0.476 e. The number of benzene rings is 2. The fraction of sp³-hybridized carbons (Fsp3) is 0.158. The van der Waals surface area contributed by atoms with E-state index in [0.29, 0.717) is 6.54 Å². The van der Waals surface area contributed by atoms with Crippen molar-refractivity contribution in [3.05, 3.63) is 70.9 Å². The number of likely N-dealkylation sites (N-methyl/N-ethyl adjacent to an activating group) is 1. The third-order valence-corrected chi connectivity index (χ3v) is 3.95. The van der Waals surface area contributed by atoms with Crippen molar-refractivity contribution in [2.45, 2.75) is 6.92 Å². The standard InChI is InChI=1S/C19H17N3O4/c1-2-21(16-10-5-8-14-7-3-4-9-15(14)16)18(23)13-26-17-11-6-12-20-19(17)22(24)25/h3-12H,2,13H2,1H3. The van der Waals surface area contributed by atoms with Gasteiger partial charge >= 0.3 is 5.82 Å². The summed E-state index contributed by atoms with van der Waals surface area (Å²) in [6.45, 7) is 2.00. The summed E-state index contributed by atoms with van der Waals surface area (Å²) in [7, 11) is 0.